The molecule has 3 amide bonds. The van der Waals surface area contributed by atoms with Crippen molar-refractivity contribution in [2.24, 2.45) is 0 Å². The zero-order chi connectivity index (χ0) is 25.1. The third kappa shape index (κ3) is 5.49. The summed E-state index contributed by atoms with van der Waals surface area (Å²) < 4.78 is 1.75. The number of benzene rings is 2. The number of imide groups is 1. The van der Waals surface area contributed by atoms with Crippen LogP contribution in [0.2, 0.25) is 5.02 Å². The van der Waals surface area contributed by atoms with Gasteiger partial charge in [0.25, 0.3) is 17.1 Å². The van der Waals surface area contributed by atoms with Gasteiger partial charge in [-0.1, -0.05) is 59.6 Å². The van der Waals surface area contributed by atoms with E-state index in [1.54, 1.807) is 17.7 Å². The molecule has 7 nitrogen and oxygen atoms in total. The fraction of sp³-hybridized carbons (Fsp3) is 0.231. The lowest BCUT2D eigenvalue weighted by atomic mass is 10.1. The molecule has 0 bridgehead atoms. The van der Waals surface area contributed by atoms with Gasteiger partial charge in [0, 0.05) is 23.8 Å². The van der Waals surface area contributed by atoms with Crippen LogP contribution in [0.3, 0.4) is 0 Å². The molecule has 1 N–H and O–H groups in total. The first kappa shape index (κ1) is 24.8. The lowest BCUT2D eigenvalue weighted by Gasteiger charge is -2.13. The maximum absolute atomic E-state index is 12.9. The molecule has 35 heavy (non-hydrogen) atoms. The maximum Gasteiger partial charge on any atom is 0.293 e. The summed E-state index contributed by atoms with van der Waals surface area (Å²) in [5, 5.41) is 7.61. The lowest BCUT2D eigenvalue weighted by molar-refractivity contribution is -0.122. The monoisotopic (exact) mass is 508 g/mol. The molecule has 9 heteroatoms. The number of rotatable bonds is 7. The quantitative estimate of drug-likeness (QED) is 0.455. The number of nitrogens with zero attached hydrogens (tertiary/aromatic N) is 3. The highest BCUT2D eigenvalue weighted by Gasteiger charge is 2.34. The highest BCUT2D eigenvalue weighted by atomic mass is 35.5. The summed E-state index contributed by atoms with van der Waals surface area (Å²) in [6.07, 6.45) is 1.71. The topological polar surface area (TPSA) is 84.3 Å². The minimum atomic E-state index is -0.352. The van der Waals surface area contributed by atoms with Gasteiger partial charge in [0.2, 0.25) is 0 Å². The van der Waals surface area contributed by atoms with Crippen LogP contribution in [0, 0.1) is 20.8 Å². The highest BCUT2D eigenvalue weighted by molar-refractivity contribution is 8.18. The van der Waals surface area contributed by atoms with E-state index >= 15 is 0 Å². The first-order chi connectivity index (χ1) is 16.7. The van der Waals surface area contributed by atoms with Crippen LogP contribution in [-0.4, -0.2) is 44.8 Å². The van der Waals surface area contributed by atoms with Gasteiger partial charge in [-0.05, 0) is 55.8 Å². The van der Waals surface area contributed by atoms with Crippen molar-refractivity contribution in [2.45, 2.75) is 27.3 Å². The first-order valence-electron chi connectivity index (χ1n) is 11.1. The Balaban J connectivity index is 1.38. The van der Waals surface area contributed by atoms with E-state index in [4.69, 9.17) is 11.6 Å². The van der Waals surface area contributed by atoms with Crippen LogP contribution in [-0.2, 0) is 11.3 Å². The summed E-state index contributed by atoms with van der Waals surface area (Å²) in [5.74, 6) is -0.651. The number of hydrogen-bond acceptors (Lipinski definition) is 5. The molecule has 0 spiro atoms. The summed E-state index contributed by atoms with van der Waals surface area (Å²) in [5.41, 5.74) is 4.67. The molecular weight excluding hydrogens is 484 g/mol. The Kier molecular flexibility index (Phi) is 7.42. The summed E-state index contributed by atoms with van der Waals surface area (Å²) in [4.78, 5) is 39.5. The molecule has 0 aliphatic carbocycles. The molecule has 1 saturated heterocycles. The van der Waals surface area contributed by atoms with Crippen molar-refractivity contribution in [3.05, 3.63) is 92.1 Å². The van der Waals surface area contributed by atoms with Gasteiger partial charge in [0.05, 0.1) is 22.7 Å². The van der Waals surface area contributed by atoms with Crippen molar-refractivity contribution in [2.75, 3.05) is 13.1 Å². The Hall–Kier alpha value is -3.36. The number of aromatic nitrogens is 2. The second-order valence-corrected chi connectivity index (χ2v) is 9.70. The molecule has 1 aromatic heterocycles. The SMILES string of the molecule is Cc1ccc(/C=C2\SC(=O)N(CCNC(=O)c3c(C)nn(Cc4ccccc4Cl)c3C)C2=O)cc1. The standard InChI is InChI=1S/C26H25ClN4O3S/c1-16-8-10-19(11-9-16)14-22-25(33)30(26(34)35-22)13-12-28-24(32)23-17(2)29-31(18(23)3)15-20-6-4-5-7-21(20)27/h4-11,14H,12-13,15H2,1-3H3,(H,28,32)/b22-14-. The number of aryl methyl sites for hydroxylation is 2. The van der Waals surface area contributed by atoms with Crippen molar-refractivity contribution >= 4 is 46.5 Å². The minimum absolute atomic E-state index is 0.0908. The van der Waals surface area contributed by atoms with E-state index in [1.807, 2.05) is 62.4 Å². The van der Waals surface area contributed by atoms with Crippen LogP contribution in [0.1, 0.15) is 38.4 Å². The smallest absolute Gasteiger partial charge is 0.293 e. The Morgan fingerprint density at radius 2 is 1.80 bits per heavy atom. The average molecular weight is 509 g/mol. The van der Waals surface area contributed by atoms with Crippen molar-refractivity contribution in [1.29, 1.82) is 0 Å². The Morgan fingerprint density at radius 1 is 1.09 bits per heavy atom. The van der Waals surface area contributed by atoms with Crippen LogP contribution in [0.5, 0.6) is 0 Å². The van der Waals surface area contributed by atoms with Crippen molar-refractivity contribution in [1.82, 2.24) is 20.0 Å². The van der Waals surface area contributed by atoms with Crippen LogP contribution in [0.25, 0.3) is 6.08 Å². The molecule has 0 unspecified atom stereocenters. The summed E-state index contributed by atoms with van der Waals surface area (Å²) >= 11 is 7.17. The van der Waals surface area contributed by atoms with Crippen molar-refractivity contribution in [3.8, 4) is 0 Å². The number of thioether (sulfide) groups is 1. The number of hydrogen-bond donors (Lipinski definition) is 1. The van der Waals surface area contributed by atoms with Crippen molar-refractivity contribution < 1.29 is 14.4 Å². The summed E-state index contributed by atoms with van der Waals surface area (Å²) in [6.45, 7) is 6.27. The number of carbonyl (C=O) groups is 3. The largest absolute Gasteiger partial charge is 0.350 e. The molecular formula is C26H25ClN4O3S. The van der Waals surface area contributed by atoms with Crippen LogP contribution in [0.4, 0.5) is 4.79 Å². The van der Waals surface area contributed by atoms with Gasteiger partial charge >= 0.3 is 0 Å². The third-order valence-electron chi connectivity index (χ3n) is 5.76. The number of halogens is 1. The first-order valence-corrected chi connectivity index (χ1v) is 12.3. The van der Waals surface area contributed by atoms with E-state index in [2.05, 4.69) is 10.4 Å². The van der Waals surface area contributed by atoms with Crippen LogP contribution in [0.15, 0.2) is 53.4 Å². The van der Waals surface area contributed by atoms with Crippen LogP contribution >= 0.6 is 23.4 Å². The minimum Gasteiger partial charge on any atom is -0.350 e. The zero-order valence-electron chi connectivity index (χ0n) is 19.7. The van der Waals surface area contributed by atoms with Gasteiger partial charge in [0.15, 0.2) is 0 Å². The lowest BCUT2D eigenvalue weighted by Crippen LogP contribution is -2.37. The average Bonchev–Trinajstić information content (AvgIpc) is 3.25. The van der Waals surface area contributed by atoms with Gasteiger partial charge in [-0.15, -0.1) is 0 Å². The van der Waals surface area contributed by atoms with E-state index in [0.717, 1.165) is 33.4 Å². The van der Waals surface area contributed by atoms with E-state index in [9.17, 15) is 14.4 Å². The second-order valence-electron chi connectivity index (χ2n) is 8.29. The number of carbonyl (C=O) groups excluding carboxylic acids is 3. The molecule has 2 aromatic carbocycles. The molecule has 3 aromatic rings. The van der Waals surface area contributed by atoms with E-state index < -0.39 is 0 Å². The molecule has 2 heterocycles. The van der Waals surface area contributed by atoms with Crippen molar-refractivity contribution in [3.63, 3.8) is 0 Å². The predicted octanol–water partition coefficient (Wildman–Crippen LogP) is 4.98. The van der Waals surface area contributed by atoms with Gasteiger partial charge in [0.1, 0.15) is 0 Å². The predicted molar refractivity (Wildman–Crippen MR) is 138 cm³/mol. The number of amides is 3. The molecule has 4 rings (SSSR count). The second kappa shape index (κ2) is 10.5. The van der Waals surface area contributed by atoms with E-state index in [1.165, 1.54) is 0 Å². The highest BCUT2D eigenvalue weighted by Crippen LogP contribution is 2.32. The Morgan fingerprint density at radius 3 is 2.51 bits per heavy atom. The summed E-state index contributed by atoms with van der Waals surface area (Å²) in [6, 6.07) is 15.2. The van der Waals surface area contributed by atoms with Crippen LogP contribution < -0.4 is 5.32 Å². The van der Waals surface area contributed by atoms with E-state index in [0.29, 0.717) is 33.4 Å². The summed E-state index contributed by atoms with van der Waals surface area (Å²) in [7, 11) is 0. The molecule has 180 valence electrons. The van der Waals surface area contributed by atoms with Gasteiger partial charge in [-0.3, -0.25) is 24.0 Å². The zero-order valence-corrected chi connectivity index (χ0v) is 21.2. The van der Waals surface area contributed by atoms with Gasteiger partial charge in [-0.2, -0.15) is 5.10 Å². The normalized spacial score (nSPS) is 14.7. The molecule has 0 saturated carbocycles. The van der Waals surface area contributed by atoms with Gasteiger partial charge in [-0.25, -0.2) is 0 Å². The molecule has 1 aliphatic rings. The molecule has 1 fully saturated rings. The Bertz CT molecular complexity index is 1330. The van der Waals surface area contributed by atoms with Gasteiger partial charge < -0.3 is 5.32 Å². The molecule has 0 radical (unpaired) electrons. The maximum atomic E-state index is 12.9. The number of nitrogens with one attached hydrogen (secondary N) is 1. The van der Waals surface area contributed by atoms with E-state index in [-0.39, 0.29) is 30.1 Å². The molecule has 1 aliphatic heterocycles. The molecule has 0 atom stereocenters. The fourth-order valence-corrected chi connectivity index (χ4v) is 4.90. The third-order valence-corrected chi connectivity index (χ3v) is 7.03. The fourth-order valence-electron chi connectivity index (χ4n) is 3.84. The Labute approximate surface area is 213 Å².